The van der Waals surface area contributed by atoms with Crippen LogP contribution in [0.5, 0.6) is 5.75 Å². The van der Waals surface area contributed by atoms with Gasteiger partial charge in [0, 0.05) is 11.4 Å². The standard InChI is InChI=1S/C11H10ClNO4/c12-7-1-2-8-6(3-7)4-9(17-8)11(16)13-5-10(14)15/h1-3,9H,4-5H2,(H,13,16)(H,14,15). The van der Waals surface area contributed by atoms with E-state index in [-0.39, 0.29) is 0 Å². The molecule has 0 fully saturated rings. The van der Waals surface area contributed by atoms with Gasteiger partial charge in [-0.3, -0.25) is 9.59 Å². The molecule has 0 bridgehead atoms. The zero-order valence-electron chi connectivity index (χ0n) is 8.77. The van der Waals surface area contributed by atoms with Crippen molar-refractivity contribution >= 4 is 23.5 Å². The molecule has 90 valence electrons. The lowest BCUT2D eigenvalue weighted by atomic mass is 10.1. The molecule has 1 aliphatic heterocycles. The van der Waals surface area contributed by atoms with E-state index in [0.29, 0.717) is 17.2 Å². The fourth-order valence-electron chi connectivity index (χ4n) is 1.64. The summed E-state index contributed by atoms with van der Waals surface area (Å²) in [7, 11) is 0. The van der Waals surface area contributed by atoms with Gasteiger partial charge in [0.05, 0.1) is 0 Å². The maximum Gasteiger partial charge on any atom is 0.322 e. The van der Waals surface area contributed by atoms with E-state index in [1.807, 2.05) is 0 Å². The summed E-state index contributed by atoms with van der Waals surface area (Å²) in [4.78, 5) is 21.9. The van der Waals surface area contributed by atoms with Crippen LogP contribution < -0.4 is 10.1 Å². The van der Waals surface area contributed by atoms with Gasteiger partial charge >= 0.3 is 5.97 Å². The number of ether oxygens (including phenoxy) is 1. The van der Waals surface area contributed by atoms with E-state index < -0.39 is 24.5 Å². The van der Waals surface area contributed by atoms with Crippen molar-refractivity contribution in [2.24, 2.45) is 0 Å². The van der Waals surface area contributed by atoms with Crippen molar-refractivity contribution in [1.82, 2.24) is 5.32 Å². The van der Waals surface area contributed by atoms with Gasteiger partial charge in [-0.25, -0.2) is 0 Å². The molecule has 1 aliphatic rings. The highest BCUT2D eigenvalue weighted by Crippen LogP contribution is 2.30. The number of rotatable bonds is 3. The minimum absolute atomic E-state index is 0.404. The van der Waals surface area contributed by atoms with E-state index in [0.717, 1.165) is 5.56 Å². The van der Waals surface area contributed by atoms with Gasteiger partial charge in [0.15, 0.2) is 6.10 Å². The first kappa shape index (κ1) is 11.7. The van der Waals surface area contributed by atoms with Crippen LogP contribution in [0.3, 0.4) is 0 Å². The summed E-state index contributed by atoms with van der Waals surface area (Å²) in [5.41, 5.74) is 0.855. The number of carbonyl (C=O) groups is 2. The number of amides is 1. The first-order chi connectivity index (χ1) is 8.06. The SMILES string of the molecule is O=C(O)CNC(=O)C1Cc2cc(Cl)ccc2O1. The Labute approximate surface area is 102 Å². The lowest BCUT2D eigenvalue weighted by Gasteiger charge is -2.09. The van der Waals surface area contributed by atoms with Crippen LogP contribution in [0.1, 0.15) is 5.56 Å². The largest absolute Gasteiger partial charge is 0.480 e. The molecule has 2 rings (SSSR count). The van der Waals surface area contributed by atoms with E-state index in [9.17, 15) is 9.59 Å². The number of halogens is 1. The third kappa shape index (κ3) is 2.68. The summed E-state index contributed by atoms with van der Waals surface area (Å²) in [6.45, 7) is -0.407. The average Bonchev–Trinajstić information content (AvgIpc) is 2.68. The van der Waals surface area contributed by atoms with Gasteiger partial charge in [-0.1, -0.05) is 11.6 Å². The lowest BCUT2D eigenvalue weighted by Crippen LogP contribution is -2.39. The maximum atomic E-state index is 11.6. The molecule has 1 amide bonds. The van der Waals surface area contributed by atoms with Crippen LogP contribution in [-0.2, 0) is 16.0 Å². The minimum atomic E-state index is -1.09. The van der Waals surface area contributed by atoms with Crippen molar-refractivity contribution in [1.29, 1.82) is 0 Å². The van der Waals surface area contributed by atoms with Crippen molar-refractivity contribution in [2.75, 3.05) is 6.54 Å². The van der Waals surface area contributed by atoms with Crippen LogP contribution >= 0.6 is 11.6 Å². The van der Waals surface area contributed by atoms with Crippen molar-refractivity contribution in [3.8, 4) is 5.75 Å². The van der Waals surface area contributed by atoms with Crippen molar-refractivity contribution in [3.05, 3.63) is 28.8 Å². The Morgan fingerprint density at radius 2 is 2.29 bits per heavy atom. The Kier molecular flexibility index (Phi) is 3.19. The Morgan fingerprint density at radius 3 is 3.00 bits per heavy atom. The Bertz CT molecular complexity index is 475. The summed E-state index contributed by atoms with van der Waals surface area (Å²) < 4.78 is 5.39. The first-order valence-electron chi connectivity index (χ1n) is 5.01. The van der Waals surface area contributed by atoms with Gasteiger partial charge in [-0.05, 0) is 23.8 Å². The van der Waals surface area contributed by atoms with Crippen LogP contribution in [0, 0.1) is 0 Å². The van der Waals surface area contributed by atoms with Crippen molar-refractivity contribution in [3.63, 3.8) is 0 Å². The number of nitrogens with one attached hydrogen (secondary N) is 1. The van der Waals surface area contributed by atoms with Gasteiger partial charge in [0.2, 0.25) is 0 Å². The Balaban J connectivity index is 2.00. The molecule has 2 N–H and O–H groups in total. The quantitative estimate of drug-likeness (QED) is 0.839. The molecule has 0 radical (unpaired) electrons. The third-order valence-electron chi connectivity index (χ3n) is 2.40. The fraction of sp³-hybridized carbons (Fsp3) is 0.273. The monoisotopic (exact) mass is 255 g/mol. The second-order valence-electron chi connectivity index (χ2n) is 3.67. The number of fused-ring (bicyclic) bond motifs is 1. The summed E-state index contributed by atoms with van der Waals surface area (Å²) in [6, 6.07) is 5.11. The number of carboxylic acid groups (broad SMARTS) is 1. The molecule has 1 heterocycles. The highest BCUT2D eigenvalue weighted by Gasteiger charge is 2.29. The molecule has 5 nitrogen and oxygen atoms in total. The van der Waals surface area contributed by atoms with Crippen LogP contribution in [0.4, 0.5) is 0 Å². The van der Waals surface area contributed by atoms with Crippen LogP contribution in [0.25, 0.3) is 0 Å². The molecule has 6 heteroatoms. The summed E-state index contributed by atoms with van der Waals surface area (Å²) >= 11 is 5.82. The summed E-state index contributed by atoms with van der Waals surface area (Å²) in [6.07, 6.45) is -0.274. The predicted molar refractivity (Wildman–Crippen MR) is 60.2 cm³/mol. The van der Waals surface area contributed by atoms with E-state index in [1.165, 1.54) is 0 Å². The van der Waals surface area contributed by atoms with Crippen LogP contribution in [0.15, 0.2) is 18.2 Å². The van der Waals surface area contributed by atoms with Crippen LogP contribution in [-0.4, -0.2) is 29.6 Å². The number of benzene rings is 1. The van der Waals surface area contributed by atoms with Crippen molar-refractivity contribution in [2.45, 2.75) is 12.5 Å². The van der Waals surface area contributed by atoms with Gasteiger partial charge in [-0.15, -0.1) is 0 Å². The highest BCUT2D eigenvalue weighted by molar-refractivity contribution is 6.30. The Hall–Kier alpha value is -1.75. The van der Waals surface area contributed by atoms with Gasteiger partial charge in [-0.2, -0.15) is 0 Å². The second-order valence-corrected chi connectivity index (χ2v) is 4.11. The van der Waals surface area contributed by atoms with Crippen molar-refractivity contribution < 1.29 is 19.4 Å². The molecular formula is C11H10ClNO4. The molecule has 0 saturated carbocycles. The van der Waals surface area contributed by atoms with E-state index in [2.05, 4.69) is 5.32 Å². The first-order valence-corrected chi connectivity index (χ1v) is 5.38. The summed E-state index contributed by atoms with van der Waals surface area (Å²) in [5, 5.41) is 11.3. The molecule has 0 aliphatic carbocycles. The number of hydrogen-bond donors (Lipinski definition) is 2. The molecule has 17 heavy (non-hydrogen) atoms. The topological polar surface area (TPSA) is 75.6 Å². The van der Waals surface area contributed by atoms with E-state index >= 15 is 0 Å². The number of hydrogen-bond acceptors (Lipinski definition) is 3. The van der Waals surface area contributed by atoms with Crippen LogP contribution in [0.2, 0.25) is 5.02 Å². The molecule has 1 unspecified atom stereocenters. The lowest BCUT2D eigenvalue weighted by molar-refractivity contribution is -0.139. The number of carbonyl (C=O) groups excluding carboxylic acids is 1. The zero-order chi connectivity index (χ0) is 12.4. The molecule has 0 saturated heterocycles. The summed E-state index contributed by atoms with van der Waals surface area (Å²) in [5.74, 6) is -0.901. The minimum Gasteiger partial charge on any atom is -0.480 e. The highest BCUT2D eigenvalue weighted by atomic mass is 35.5. The van der Waals surface area contributed by atoms with E-state index in [1.54, 1.807) is 18.2 Å². The normalized spacial score (nSPS) is 17.1. The average molecular weight is 256 g/mol. The fourth-order valence-corrected chi connectivity index (χ4v) is 1.83. The van der Waals surface area contributed by atoms with Gasteiger partial charge in [0.1, 0.15) is 12.3 Å². The molecular weight excluding hydrogens is 246 g/mol. The zero-order valence-corrected chi connectivity index (χ0v) is 9.53. The number of aliphatic carboxylic acids is 1. The number of carboxylic acids is 1. The maximum absolute atomic E-state index is 11.6. The molecule has 0 aromatic heterocycles. The molecule has 0 spiro atoms. The van der Waals surface area contributed by atoms with Gasteiger partial charge in [0.25, 0.3) is 5.91 Å². The molecule has 1 aromatic rings. The molecule has 1 atom stereocenters. The van der Waals surface area contributed by atoms with E-state index in [4.69, 9.17) is 21.4 Å². The second kappa shape index (κ2) is 4.63. The smallest absolute Gasteiger partial charge is 0.322 e. The predicted octanol–water partition coefficient (Wildman–Crippen LogP) is 0.844. The molecule has 1 aromatic carbocycles. The third-order valence-corrected chi connectivity index (χ3v) is 2.64. The van der Waals surface area contributed by atoms with Gasteiger partial charge < -0.3 is 15.2 Å². The Morgan fingerprint density at radius 1 is 1.53 bits per heavy atom.